The van der Waals surface area contributed by atoms with Crippen LogP contribution >= 0.6 is 34.9 Å². The number of thiophene rings is 2. The molecule has 4 nitrogen and oxygen atoms in total. The van der Waals surface area contributed by atoms with Gasteiger partial charge in [0.1, 0.15) is 20.2 Å². The molecule has 0 spiro atoms. The van der Waals surface area contributed by atoms with E-state index in [9.17, 15) is 9.90 Å². The predicted octanol–water partition coefficient (Wildman–Crippen LogP) is 4.01. The van der Waals surface area contributed by atoms with Gasteiger partial charge in [-0.1, -0.05) is 18.3 Å². The Morgan fingerprint density at radius 1 is 1.55 bits per heavy atom. The van der Waals surface area contributed by atoms with Crippen LogP contribution < -0.4 is 0 Å². The number of carboxylic acid groups (broad SMARTS) is 1. The van der Waals surface area contributed by atoms with E-state index < -0.39 is 5.97 Å². The number of nitrogens with zero attached hydrogens (tertiary/aromatic N) is 1. The Balaban J connectivity index is 2.14. The van der Waals surface area contributed by atoms with Crippen LogP contribution in [-0.2, 0) is 6.42 Å². The molecular formula is C13H10N2O2S3. The highest BCUT2D eigenvalue weighted by Crippen LogP contribution is 2.30. The largest absolute Gasteiger partial charge is 0.477 e. The SMILES string of the molecule is Cc1c(C(=O)O)sc2nc(Cc3cccs3)[nH]c(=S)c12. The maximum absolute atomic E-state index is 11.2. The summed E-state index contributed by atoms with van der Waals surface area (Å²) in [5, 5.41) is 11.9. The fourth-order valence-corrected chi connectivity index (χ4v) is 4.24. The van der Waals surface area contributed by atoms with Gasteiger partial charge in [-0.3, -0.25) is 0 Å². The van der Waals surface area contributed by atoms with Crippen molar-refractivity contribution in [1.29, 1.82) is 0 Å². The first-order valence-electron chi connectivity index (χ1n) is 5.84. The number of fused-ring (bicyclic) bond motifs is 1. The molecule has 0 atom stereocenters. The molecule has 0 bridgehead atoms. The monoisotopic (exact) mass is 322 g/mol. The van der Waals surface area contributed by atoms with Gasteiger partial charge in [-0.2, -0.15) is 0 Å². The molecule has 0 aliphatic carbocycles. The zero-order chi connectivity index (χ0) is 14.3. The van der Waals surface area contributed by atoms with Crippen molar-refractivity contribution in [1.82, 2.24) is 9.97 Å². The Morgan fingerprint density at radius 2 is 2.35 bits per heavy atom. The van der Waals surface area contributed by atoms with Crippen molar-refractivity contribution in [2.24, 2.45) is 0 Å². The highest BCUT2D eigenvalue weighted by Gasteiger charge is 2.17. The van der Waals surface area contributed by atoms with Gasteiger partial charge in [-0.25, -0.2) is 9.78 Å². The average molecular weight is 322 g/mol. The highest BCUT2D eigenvalue weighted by atomic mass is 32.1. The molecule has 102 valence electrons. The number of carboxylic acids is 1. The third-order valence-electron chi connectivity index (χ3n) is 2.97. The van der Waals surface area contributed by atoms with Gasteiger partial charge in [0.2, 0.25) is 0 Å². The Labute approximate surface area is 127 Å². The molecule has 0 amide bonds. The summed E-state index contributed by atoms with van der Waals surface area (Å²) in [6, 6.07) is 4.03. The Morgan fingerprint density at radius 3 is 3.00 bits per heavy atom. The van der Waals surface area contributed by atoms with Crippen LogP contribution in [0.1, 0.15) is 25.9 Å². The fourth-order valence-electron chi connectivity index (χ4n) is 2.05. The third kappa shape index (κ3) is 2.28. The molecule has 0 aliphatic heterocycles. The number of H-pyrrole nitrogens is 1. The lowest BCUT2D eigenvalue weighted by atomic mass is 10.2. The third-order valence-corrected chi connectivity index (χ3v) is 5.32. The zero-order valence-electron chi connectivity index (χ0n) is 10.5. The Hall–Kier alpha value is -1.57. The lowest BCUT2D eigenvalue weighted by Crippen LogP contribution is -1.96. The minimum atomic E-state index is -0.931. The van der Waals surface area contributed by atoms with E-state index in [-0.39, 0.29) is 0 Å². The second-order valence-electron chi connectivity index (χ2n) is 4.31. The van der Waals surface area contributed by atoms with Gasteiger partial charge in [0.25, 0.3) is 0 Å². The maximum atomic E-state index is 11.2. The zero-order valence-corrected chi connectivity index (χ0v) is 12.9. The molecule has 2 N–H and O–H groups in total. The number of nitrogens with one attached hydrogen (secondary N) is 1. The number of carbonyl (C=O) groups is 1. The van der Waals surface area contributed by atoms with Crippen molar-refractivity contribution in [3.63, 3.8) is 0 Å². The van der Waals surface area contributed by atoms with E-state index in [2.05, 4.69) is 9.97 Å². The number of aromatic amines is 1. The van der Waals surface area contributed by atoms with Crippen LogP contribution in [0.4, 0.5) is 0 Å². The lowest BCUT2D eigenvalue weighted by Gasteiger charge is -2.00. The van der Waals surface area contributed by atoms with Gasteiger partial charge in [-0.15, -0.1) is 22.7 Å². The molecule has 0 aliphatic rings. The Bertz CT molecular complexity index is 846. The lowest BCUT2D eigenvalue weighted by molar-refractivity contribution is 0.0701. The number of aromatic carboxylic acids is 1. The topological polar surface area (TPSA) is 66.0 Å². The van der Waals surface area contributed by atoms with E-state index in [0.29, 0.717) is 26.3 Å². The molecule has 7 heteroatoms. The van der Waals surface area contributed by atoms with Gasteiger partial charge < -0.3 is 10.1 Å². The quantitative estimate of drug-likeness (QED) is 0.715. The number of hydrogen-bond acceptors (Lipinski definition) is 5. The van der Waals surface area contributed by atoms with E-state index in [1.54, 1.807) is 18.3 Å². The number of aryl methyl sites for hydroxylation is 1. The second kappa shape index (κ2) is 5.08. The molecule has 0 fully saturated rings. The van der Waals surface area contributed by atoms with Gasteiger partial charge in [0.05, 0.1) is 0 Å². The molecule has 0 unspecified atom stereocenters. The molecule has 3 aromatic rings. The fraction of sp³-hybridized carbons (Fsp3) is 0.154. The number of hydrogen-bond donors (Lipinski definition) is 2. The molecule has 20 heavy (non-hydrogen) atoms. The van der Waals surface area contributed by atoms with Crippen LogP contribution in [0.3, 0.4) is 0 Å². The minimum Gasteiger partial charge on any atom is -0.477 e. The van der Waals surface area contributed by atoms with E-state index >= 15 is 0 Å². The van der Waals surface area contributed by atoms with E-state index in [1.165, 1.54) is 16.2 Å². The first-order valence-corrected chi connectivity index (χ1v) is 7.94. The standard InChI is InChI=1S/C13H10N2O2S3/c1-6-9-11(18)14-8(5-7-3-2-4-19-7)15-12(9)20-10(6)13(16)17/h2-4H,5H2,1H3,(H,16,17)(H,14,15,18). The molecule has 3 heterocycles. The molecule has 3 rings (SSSR count). The summed E-state index contributed by atoms with van der Waals surface area (Å²) in [5.41, 5.74) is 0.689. The van der Waals surface area contributed by atoms with Crippen molar-refractivity contribution in [3.05, 3.63) is 43.3 Å². The molecule has 0 aromatic carbocycles. The summed E-state index contributed by atoms with van der Waals surface area (Å²) < 4.78 is 0.558. The normalized spacial score (nSPS) is 11.1. The van der Waals surface area contributed by atoms with Crippen molar-refractivity contribution in [3.8, 4) is 0 Å². The summed E-state index contributed by atoms with van der Waals surface area (Å²) in [7, 11) is 0. The van der Waals surface area contributed by atoms with Gasteiger partial charge in [-0.05, 0) is 23.9 Å². The first-order chi connectivity index (χ1) is 9.56. The molecular weight excluding hydrogens is 312 g/mol. The van der Waals surface area contributed by atoms with Crippen LogP contribution in [0, 0.1) is 11.6 Å². The summed E-state index contributed by atoms with van der Waals surface area (Å²) in [6.07, 6.45) is 0.677. The summed E-state index contributed by atoms with van der Waals surface area (Å²) >= 11 is 8.18. The van der Waals surface area contributed by atoms with Crippen LogP contribution in [0.2, 0.25) is 0 Å². The van der Waals surface area contributed by atoms with Gasteiger partial charge in [0.15, 0.2) is 0 Å². The second-order valence-corrected chi connectivity index (χ2v) is 6.75. The van der Waals surface area contributed by atoms with Crippen LogP contribution in [0.25, 0.3) is 10.2 Å². The summed E-state index contributed by atoms with van der Waals surface area (Å²) in [4.78, 5) is 21.0. The molecule has 0 saturated heterocycles. The van der Waals surface area contributed by atoms with Crippen molar-refractivity contribution < 1.29 is 9.90 Å². The van der Waals surface area contributed by atoms with E-state index in [0.717, 1.165) is 11.2 Å². The number of rotatable bonds is 3. The smallest absolute Gasteiger partial charge is 0.346 e. The Kier molecular flexibility index (Phi) is 3.41. The van der Waals surface area contributed by atoms with Gasteiger partial charge in [0, 0.05) is 16.7 Å². The molecule has 3 aromatic heterocycles. The van der Waals surface area contributed by atoms with Crippen LogP contribution in [0.5, 0.6) is 0 Å². The van der Waals surface area contributed by atoms with Gasteiger partial charge >= 0.3 is 5.97 Å². The summed E-state index contributed by atoms with van der Waals surface area (Å²) in [5.74, 6) is -0.164. The molecule has 0 saturated carbocycles. The van der Waals surface area contributed by atoms with Crippen molar-refractivity contribution >= 4 is 51.1 Å². The summed E-state index contributed by atoms with van der Waals surface area (Å²) in [6.45, 7) is 1.77. The minimum absolute atomic E-state index is 0.306. The molecule has 0 radical (unpaired) electrons. The maximum Gasteiger partial charge on any atom is 0.346 e. The van der Waals surface area contributed by atoms with Crippen molar-refractivity contribution in [2.75, 3.05) is 0 Å². The average Bonchev–Trinajstić information content (AvgIpc) is 2.97. The number of aromatic nitrogens is 2. The first kappa shape index (κ1) is 13.4. The highest BCUT2D eigenvalue weighted by molar-refractivity contribution is 7.71. The van der Waals surface area contributed by atoms with E-state index in [4.69, 9.17) is 12.2 Å². The van der Waals surface area contributed by atoms with Crippen LogP contribution in [-0.4, -0.2) is 21.0 Å². The van der Waals surface area contributed by atoms with Crippen LogP contribution in [0.15, 0.2) is 17.5 Å². The van der Waals surface area contributed by atoms with E-state index in [1.807, 2.05) is 17.5 Å². The van der Waals surface area contributed by atoms with Crippen molar-refractivity contribution in [2.45, 2.75) is 13.3 Å². The predicted molar refractivity (Wildman–Crippen MR) is 83.6 cm³/mol.